The molecule has 0 bridgehead atoms. The average Bonchev–Trinajstić information content (AvgIpc) is 2.65. The maximum atomic E-state index is 12.8. The van der Waals surface area contributed by atoms with Crippen molar-refractivity contribution in [3.63, 3.8) is 0 Å². The Morgan fingerprint density at radius 2 is 1.68 bits per heavy atom. The van der Waals surface area contributed by atoms with E-state index in [1.807, 2.05) is 24.3 Å². The number of halogens is 1. The molecule has 1 heterocycles. The minimum Gasteiger partial charge on any atom is -0.460 e. The first-order valence-corrected chi connectivity index (χ1v) is 9.62. The lowest BCUT2D eigenvalue weighted by Gasteiger charge is -2.28. The van der Waals surface area contributed by atoms with Gasteiger partial charge in [0.15, 0.2) is 5.82 Å². The molecule has 28 heavy (non-hydrogen) atoms. The highest BCUT2D eigenvalue weighted by atomic mass is 19.1. The average molecular weight is 386 g/mol. The summed E-state index contributed by atoms with van der Waals surface area (Å²) in [6.45, 7) is 6.47. The Balaban J connectivity index is 1.42. The number of benzene rings is 1. The molecule has 0 aliphatic heterocycles. The maximum absolute atomic E-state index is 12.8. The van der Waals surface area contributed by atoms with Gasteiger partial charge in [-0.3, -0.25) is 0 Å². The minimum atomic E-state index is -0.487. The summed E-state index contributed by atoms with van der Waals surface area (Å²) in [5.74, 6) is -0.487. The van der Waals surface area contributed by atoms with Gasteiger partial charge in [-0.1, -0.05) is 32.9 Å². The van der Waals surface area contributed by atoms with E-state index < -0.39 is 5.82 Å². The lowest BCUT2D eigenvalue weighted by molar-refractivity contribution is 0.129. The van der Waals surface area contributed by atoms with E-state index in [0.29, 0.717) is 0 Å². The van der Waals surface area contributed by atoms with Crippen LogP contribution in [0.15, 0.2) is 36.7 Å². The molecule has 0 atom stereocenters. The van der Waals surface area contributed by atoms with E-state index in [1.54, 1.807) is 0 Å². The molecule has 1 aromatic heterocycles. The summed E-state index contributed by atoms with van der Waals surface area (Å²) >= 11 is 0. The highest BCUT2D eigenvalue weighted by Gasteiger charge is 2.24. The van der Waals surface area contributed by atoms with Crippen LogP contribution < -0.4 is 15.4 Å². The molecule has 1 fully saturated rings. The second kappa shape index (κ2) is 8.54. The summed E-state index contributed by atoms with van der Waals surface area (Å²) in [4.78, 5) is 19.9. The van der Waals surface area contributed by atoms with Crippen molar-refractivity contribution in [2.45, 2.75) is 64.0 Å². The lowest BCUT2D eigenvalue weighted by Crippen LogP contribution is -2.41. The molecular weight excluding hydrogens is 359 g/mol. The van der Waals surface area contributed by atoms with Gasteiger partial charge in [0.05, 0.1) is 12.4 Å². The van der Waals surface area contributed by atoms with Gasteiger partial charge in [0, 0.05) is 11.7 Å². The zero-order chi connectivity index (χ0) is 20.1. The number of anilines is 1. The number of nitrogens with zero attached hydrogens (tertiary/aromatic N) is 2. The van der Waals surface area contributed by atoms with E-state index in [-0.39, 0.29) is 29.6 Å². The number of rotatable bonds is 4. The fourth-order valence-electron chi connectivity index (χ4n) is 3.24. The molecule has 2 N–H and O–H groups in total. The standard InChI is InChI=1S/C21H27FN4O2/c1-21(2,3)14-4-6-16(7-5-14)25-19(27)26-17-8-10-18(11-9-17)28-20-23-12-15(22)13-24-20/h4-7,12-13,17-18H,8-11H2,1-3H3,(H2,25,26,27). The molecular formula is C21H27FN4O2. The van der Waals surface area contributed by atoms with Gasteiger partial charge < -0.3 is 15.4 Å². The van der Waals surface area contributed by atoms with Crippen molar-refractivity contribution in [2.24, 2.45) is 0 Å². The Labute approximate surface area is 164 Å². The number of carbonyl (C=O) groups is 1. The summed E-state index contributed by atoms with van der Waals surface area (Å²) in [5.41, 5.74) is 2.08. The van der Waals surface area contributed by atoms with Gasteiger partial charge in [-0.2, -0.15) is 0 Å². The number of amides is 2. The van der Waals surface area contributed by atoms with Crippen LogP contribution in [0.1, 0.15) is 52.0 Å². The fraction of sp³-hybridized carbons (Fsp3) is 0.476. The van der Waals surface area contributed by atoms with E-state index in [0.717, 1.165) is 43.8 Å². The predicted molar refractivity (Wildman–Crippen MR) is 106 cm³/mol. The minimum absolute atomic E-state index is 0.0171. The van der Waals surface area contributed by atoms with Gasteiger partial charge in [-0.15, -0.1) is 0 Å². The van der Waals surface area contributed by atoms with Crippen LogP contribution in [0, 0.1) is 5.82 Å². The third-order valence-electron chi connectivity index (χ3n) is 4.89. The van der Waals surface area contributed by atoms with Crippen molar-refractivity contribution in [1.29, 1.82) is 0 Å². The van der Waals surface area contributed by atoms with E-state index in [2.05, 4.69) is 41.4 Å². The number of hydrogen-bond acceptors (Lipinski definition) is 4. The quantitative estimate of drug-likeness (QED) is 0.815. The number of hydrogen-bond donors (Lipinski definition) is 2. The number of carbonyl (C=O) groups excluding carboxylic acids is 1. The molecule has 0 radical (unpaired) electrons. The van der Waals surface area contributed by atoms with Crippen molar-refractivity contribution < 1.29 is 13.9 Å². The van der Waals surface area contributed by atoms with Crippen LogP contribution in [0.3, 0.4) is 0 Å². The molecule has 1 aliphatic rings. The molecule has 0 unspecified atom stereocenters. The maximum Gasteiger partial charge on any atom is 0.319 e. The third kappa shape index (κ3) is 5.65. The van der Waals surface area contributed by atoms with Crippen LogP contribution in [0.2, 0.25) is 0 Å². The van der Waals surface area contributed by atoms with Crippen LogP contribution in [0.5, 0.6) is 6.01 Å². The zero-order valence-corrected chi connectivity index (χ0v) is 16.5. The Kier molecular flexibility index (Phi) is 6.11. The molecule has 1 saturated carbocycles. The highest BCUT2D eigenvalue weighted by molar-refractivity contribution is 5.89. The van der Waals surface area contributed by atoms with E-state index in [1.165, 1.54) is 5.56 Å². The van der Waals surface area contributed by atoms with Crippen molar-refractivity contribution >= 4 is 11.7 Å². The molecule has 6 nitrogen and oxygen atoms in total. The first kappa shape index (κ1) is 20.0. The molecule has 0 spiro atoms. The van der Waals surface area contributed by atoms with Crippen molar-refractivity contribution in [1.82, 2.24) is 15.3 Å². The molecule has 3 rings (SSSR count). The molecule has 2 amide bonds. The number of nitrogens with one attached hydrogen (secondary N) is 2. The van der Waals surface area contributed by atoms with Gasteiger partial charge in [0.25, 0.3) is 0 Å². The van der Waals surface area contributed by atoms with Gasteiger partial charge >= 0.3 is 12.0 Å². The molecule has 1 aliphatic carbocycles. The lowest BCUT2D eigenvalue weighted by atomic mass is 9.87. The summed E-state index contributed by atoms with van der Waals surface area (Å²) < 4.78 is 18.5. The van der Waals surface area contributed by atoms with Crippen LogP contribution in [0.4, 0.5) is 14.9 Å². The van der Waals surface area contributed by atoms with E-state index >= 15 is 0 Å². The van der Waals surface area contributed by atoms with Crippen LogP contribution >= 0.6 is 0 Å². The van der Waals surface area contributed by atoms with Crippen LogP contribution in [-0.4, -0.2) is 28.1 Å². The van der Waals surface area contributed by atoms with Crippen LogP contribution in [-0.2, 0) is 5.41 Å². The van der Waals surface area contributed by atoms with Crippen LogP contribution in [0.25, 0.3) is 0 Å². The van der Waals surface area contributed by atoms with Gasteiger partial charge in [0.1, 0.15) is 6.10 Å². The molecule has 2 aromatic rings. The van der Waals surface area contributed by atoms with Crippen molar-refractivity contribution in [3.05, 3.63) is 48.0 Å². The summed E-state index contributed by atoms with van der Waals surface area (Å²) in [7, 11) is 0. The monoisotopic (exact) mass is 386 g/mol. The SMILES string of the molecule is CC(C)(C)c1ccc(NC(=O)NC2CCC(Oc3ncc(F)cn3)CC2)cc1. The Hall–Kier alpha value is -2.70. The Morgan fingerprint density at radius 1 is 1.07 bits per heavy atom. The van der Waals surface area contributed by atoms with E-state index in [4.69, 9.17) is 4.74 Å². The van der Waals surface area contributed by atoms with Crippen molar-refractivity contribution in [2.75, 3.05) is 5.32 Å². The summed E-state index contributed by atoms with van der Waals surface area (Å²) in [6.07, 6.45) is 5.35. The van der Waals surface area contributed by atoms with Gasteiger partial charge in [-0.05, 0) is 48.8 Å². The first-order chi connectivity index (χ1) is 13.3. The molecule has 7 heteroatoms. The number of ether oxygens (including phenoxy) is 1. The Bertz CT molecular complexity index is 780. The zero-order valence-electron chi connectivity index (χ0n) is 16.5. The fourth-order valence-corrected chi connectivity index (χ4v) is 3.24. The number of urea groups is 1. The van der Waals surface area contributed by atoms with Crippen molar-refractivity contribution in [3.8, 4) is 6.01 Å². The first-order valence-electron chi connectivity index (χ1n) is 9.62. The topological polar surface area (TPSA) is 76.1 Å². The molecule has 0 saturated heterocycles. The summed E-state index contributed by atoms with van der Waals surface area (Å²) in [6, 6.07) is 8.01. The third-order valence-corrected chi connectivity index (χ3v) is 4.89. The largest absolute Gasteiger partial charge is 0.460 e. The number of aromatic nitrogens is 2. The predicted octanol–water partition coefficient (Wildman–Crippen LogP) is 4.42. The molecule has 150 valence electrons. The van der Waals surface area contributed by atoms with Gasteiger partial charge in [0.2, 0.25) is 0 Å². The second-order valence-electron chi connectivity index (χ2n) is 8.20. The van der Waals surface area contributed by atoms with E-state index in [9.17, 15) is 9.18 Å². The highest BCUT2D eigenvalue weighted by Crippen LogP contribution is 2.24. The summed E-state index contributed by atoms with van der Waals surface area (Å²) in [5, 5.41) is 5.91. The van der Waals surface area contributed by atoms with Gasteiger partial charge in [-0.25, -0.2) is 19.2 Å². The normalized spacial score (nSPS) is 19.7. The Morgan fingerprint density at radius 3 is 2.25 bits per heavy atom. The molecule has 1 aromatic carbocycles. The second-order valence-corrected chi connectivity index (χ2v) is 8.20. The smallest absolute Gasteiger partial charge is 0.319 e.